The van der Waals surface area contributed by atoms with Gasteiger partial charge in [0.25, 0.3) is 0 Å². The molecule has 0 atom stereocenters. The minimum atomic E-state index is -0.988. The van der Waals surface area contributed by atoms with Crippen LogP contribution in [0.25, 0.3) is 11.1 Å². The average molecular weight is 411 g/mol. The predicted octanol–water partition coefficient (Wildman–Crippen LogP) is 4.49. The summed E-state index contributed by atoms with van der Waals surface area (Å²) in [6, 6.07) is 23.7. The van der Waals surface area contributed by atoms with E-state index in [1.54, 1.807) is 35.0 Å². The molecular weight excluding hydrogens is 390 g/mol. The van der Waals surface area contributed by atoms with Gasteiger partial charge in [0.1, 0.15) is 5.82 Å². The number of rotatable bonds is 7. The maximum absolute atomic E-state index is 12.7. The van der Waals surface area contributed by atoms with Crippen LogP contribution >= 0.6 is 0 Å². The van der Waals surface area contributed by atoms with Crippen LogP contribution in [0.5, 0.6) is 0 Å². The first kappa shape index (κ1) is 20.2. The average Bonchev–Trinajstić information content (AvgIpc) is 3.22. The molecule has 0 unspecified atom stereocenters. The van der Waals surface area contributed by atoms with E-state index in [1.807, 2.05) is 55.5 Å². The number of hydrogen-bond acceptors (Lipinski definition) is 4. The summed E-state index contributed by atoms with van der Waals surface area (Å²) in [5.41, 5.74) is 3.06. The fourth-order valence-corrected chi connectivity index (χ4v) is 3.50. The number of aryl methyl sites for hydroxylation is 1. The highest BCUT2D eigenvalue weighted by molar-refractivity contribution is 6.06. The largest absolute Gasteiger partial charge is 0.478 e. The molecule has 4 aromatic rings. The molecule has 0 aliphatic carbocycles. The molecule has 0 bridgehead atoms. The molecule has 0 amide bonds. The van der Waals surface area contributed by atoms with Crippen LogP contribution in [0.1, 0.15) is 44.9 Å². The fraction of sp³-hybridized carbons (Fsp3) is 0.120. The molecule has 0 aliphatic rings. The molecule has 4 rings (SSSR count). The molecule has 0 saturated heterocycles. The summed E-state index contributed by atoms with van der Waals surface area (Å²) in [5, 5.41) is 14.1. The number of aromatic carboxylic acids is 1. The van der Waals surface area contributed by atoms with E-state index in [-0.39, 0.29) is 17.2 Å². The minimum Gasteiger partial charge on any atom is -0.478 e. The van der Waals surface area contributed by atoms with Crippen molar-refractivity contribution in [3.63, 3.8) is 0 Å². The number of aromatic nitrogens is 3. The second-order valence-electron chi connectivity index (χ2n) is 7.09. The van der Waals surface area contributed by atoms with Crippen molar-refractivity contribution in [2.45, 2.75) is 19.9 Å². The summed E-state index contributed by atoms with van der Waals surface area (Å²) in [7, 11) is 0. The van der Waals surface area contributed by atoms with Gasteiger partial charge in [0.15, 0.2) is 0 Å². The topological polar surface area (TPSA) is 85.1 Å². The molecule has 3 aromatic carbocycles. The number of nitrogens with zero attached hydrogens (tertiary/aromatic N) is 3. The summed E-state index contributed by atoms with van der Waals surface area (Å²) >= 11 is 0. The second-order valence-corrected chi connectivity index (χ2v) is 7.09. The van der Waals surface area contributed by atoms with Gasteiger partial charge in [-0.3, -0.25) is 4.79 Å². The summed E-state index contributed by atoms with van der Waals surface area (Å²) in [6.45, 7) is 2.48. The summed E-state index contributed by atoms with van der Waals surface area (Å²) in [4.78, 5) is 29.1. The van der Waals surface area contributed by atoms with Crippen molar-refractivity contribution in [3.8, 4) is 11.1 Å². The van der Waals surface area contributed by atoms with Gasteiger partial charge in [0.05, 0.1) is 5.56 Å². The van der Waals surface area contributed by atoms with E-state index in [4.69, 9.17) is 0 Å². The summed E-state index contributed by atoms with van der Waals surface area (Å²) in [5.74, 6) is -0.467. The molecule has 6 heteroatoms. The maximum atomic E-state index is 12.7. The first-order chi connectivity index (χ1) is 15.1. The molecule has 0 aliphatic heterocycles. The van der Waals surface area contributed by atoms with E-state index in [9.17, 15) is 14.7 Å². The molecule has 0 fully saturated rings. The highest BCUT2D eigenvalue weighted by Crippen LogP contribution is 2.25. The van der Waals surface area contributed by atoms with Crippen LogP contribution in [0.15, 0.2) is 78.9 Å². The van der Waals surface area contributed by atoms with E-state index in [0.29, 0.717) is 29.9 Å². The van der Waals surface area contributed by atoms with Crippen molar-refractivity contribution in [1.82, 2.24) is 14.8 Å². The van der Waals surface area contributed by atoms with Crippen molar-refractivity contribution in [2.75, 3.05) is 0 Å². The molecule has 154 valence electrons. The number of carboxylic acids is 1. The van der Waals surface area contributed by atoms with Gasteiger partial charge in [-0.2, -0.15) is 0 Å². The Morgan fingerprint density at radius 2 is 1.61 bits per heavy atom. The smallest absolute Gasteiger partial charge is 0.336 e. The molecule has 1 aromatic heterocycles. The monoisotopic (exact) mass is 411 g/mol. The molecule has 31 heavy (non-hydrogen) atoms. The molecule has 1 heterocycles. The van der Waals surface area contributed by atoms with Gasteiger partial charge in [0.2, 0.25) is 11.6 Å². The Kier molecular flexibility index (Phi) is 5.71. The van der Waals surface area contributed by atoms with E-state index < -0.39 is 5.97 Å². The van der Waals surface area contributed by atoms with Crippen molar-refractivity contribution in [3.05, 3.63) is 107 Å². The van der Waals surface area contributed by atoms with Gasteiger partial charge < -0.3 is 5.11 Å². The highest BCUT2D eigenvalue weighted by Gasteiger charge is 2.19. The zero-order valence-corrected chi connectivity index (χ0v) is 17.0. The standard InChI is InChI=1S/C25H21N3O3/c1-2-28-22(26-24(27-28)23(29)19-11-7-4-8-12-19)16-17-13-14-20(21(15-17)25(30)31)18-9-5-3-6-10-18/h3-15H,2,16H2,1H3,(H,30,31). The van der Waals surface area contributed by atoms with Gasteiger partial charge in [-0.15, -0.1) is 5.10 Å². The van der Waals surface area contributed by atoms with Crippen LogP contribution in [-0.2, 0) is 13.0 Å². The Morgan fingerprint density at radius 3 is 2.26 bits per heavy atom. The van der Waals surface area contributed by atoms with Crippen LogP contribution in [0.3, 0.4) is 0 Å². The molecule has 0 saturated carbocycles. The van der Waals surface area contributed by atoms with Gasteiger partial charge in [-0.1, -0.05) is 72.8 Å². The molecule has 0 radical (unpaired) electrons. The van der Waals surface area contributed by atoms with E-state index >= 15 is 0 Å². The number of carbonyl (C=O) groups excluding carboxylic acids is 1. The normalized spacial score (nSPS) is 10.7. The summed E-state index contributed by atoms with van der Waals surface area (Å²) < 4.78 is 1.68. The minimum absolute atomic E-state index is 0.141. The van der Waals surface area contributed by atoms with Gasteiger partial charge in [-0.25, -0.2) is 14.5 Å². The first-order valence-electron chi connectivity index (χ1n) is 10.0. The lowest BCUT2D eigenvalue weighted by molar-refractivity contribution is 0.0697. The van der Waals surface area contributed by atoms with Crippen molar-refractivity contribution in [2.24, 2.45) is 0 Å². The van der Waals surface area contributed by atoms with Crippen LogP contribution in [-0.4, -0.2) is 31.6 Å². The number of carboxylic acid groups (broad SMARTS) is 1. The SMILES string of the molecule is CCn1nc(C(=O)c2ccccc2)nc1Cc1ccc(-c2ccccc2)c(C(=O)O)c1. The van der Waals surface area contributed by atoms with E-state index in [1.165, 1.54) is 0 Å². The fourth-order valence-electron chi connectivity index (χ4n) is 3.50. The van der Waals surface area contributed by atoms with Crippen LogP contribution in [0.2, 0.25) is 0 Å². The Hall–Kier alpha value is -4.06. The summed E-state index contributed by atoms with van der Waals surface area (Å²) in [6.07, 6.45) is 0.373. The first-order valence-corrected chi connectivity index (χ1v) is 10.0. The number of hydrogen-bond donors (Lipinski definition) is 1. The third kappa shape index (κ3) is 4.28. The molecule has 6 nitrogen and oxygen atoms in total. The lowest BCUT2D eigenvalue weighted by Crippen LogP contribution is -2.06. The highest BCUT2D eigenvalue weighted by atomic mass is 16.4. The Bertz CT molecular complexity index is 1230. The Balaban J connectivity index is 1.66. The zero-order chi connectivity index (χ0) is 21.8. The molecule has 0 spiro atoms. The number of benzene rings is 3. The van der Waals surface area contributed by atoms with Crippen molar-refractivity contribution < 1.29 is 14.7 Å². The molecule has 1 N–H and O–H groups in total. The quantitative estimate of drug-likeness (QED) is 0.453. The van der Waals surface area contributed by atoms with Gasteiger partial charge in [-0.05, 0) is 29.7 Å². The lowest BCUT2D eigenvalue weighted by atomic mass is 9.96. The van der Waals surface area contributed by atoms with Crippen LogP contribution in [0.4, 0.5) is 0 Å². The third-order valence-corrected chi connectivity index (χ3v) is 5.05. The molecular formula is C25H21N3O3. The lowest BCUT2D eigenvalue weighted by Gasteiger charge is -2.09. The predicted molar refractivity (Wildman–Crippen MR) is 117 cm³/mol. The van der Waals surface area contributed by atoms with E-state index in [0.717, 1.165) is 11.1 Å². The van der Waals surface area contributed by atoms with E-state index in [2.05, 4.69) is 10.1 Å². The zero-order valence-electron chi connectivity index (χ0n) is 17.0. The Labute approximate surface area is 179 Å². The van der Waals surface area contributed by atoms with Gasteiger partial charge >= 0.3 is 5.97 Å². The van der Waals surface area contributed by atoms with Crippen molar-refractivity contribution in [1.29, 1.82) is 0 Å². The van der Waals surface area contributed by atoms with Crippen molar-refractivity contribution >= 4 is 11.8 Å². The third-order valence-electron chi connectivity index (χ3n) is 5.05. The van der Waals surface area contributed by atoms with Gasteiger partial charge in [0, 0.05) is 18.5 Å². The van der Waals surface area contributed by atoms with Crippen LogP contribution < -0.4 is 0 Å². The second kappa shape index (κ2) is 8.75. The maximum Gasteiger partial charge on any atom is 0.336 e. The Morgan fingerprint density at radius 1 is 0.935 bits per heavy atom. The number of ketones is 1. The number of carbonyl (C=O) groups is 2. The van der Waals surface area contributed by atoms with Crippen LogP contribution in [0, 0.1) is 0 Å².